The summed E-state index contributed by atoms with van der Waals surface area (Å²) in [6.45, 7) is 1.51. The van der Waals surface area contributed by atoms with Gasteiger partial charge in [-0.2, -0.15) is 0 Å². The van der Waals surface area contributed by atoms with Crippen molar-refractivity contribution in [1.29, 1.82) is 0 Å². The fourth-order valence-corrected chi connectivity index (χ4v) is 1.61. The van der Waals surface area contributed by atoms with Gasteiger partial charge < -0.3 is 15.2 Å². The van der Waals surface area contributed by atoms with Crippen LogP contribution in [0.15, 0.2) is 0 Å². The van der Waals surface area contributed by atoms with Crippen LogP contribution in [-0.2, 0) is 14.3 Å². The third-order valence-corrected chi connectivity index (χ3v) is 2.63. The third kappa shape index (κ3) is 1.19. The Morgan fingerprint density at radius 2 is 2.20 bits per heavy atom. The van der Waals surface area contributed by atoms with Crippen molar-refractivity contribution in [3.05, 3.63) is 0 Å². The van der Waals surface area contributed by atoms with E-state index >= 15 is 0 Å². The van der Waals surface area contributed by atoms with Gasteiger partial charge in [0.05, 0.1) is 13.2 Å². The van der Waals surface area contributed by atoms with Crippen LogP contribution in [0.1, 0.15) is 6.92 Å². The monoisotopic (exact) mass is 214 g/mol. The first-order chi connectivity index (χ1) is 6.98. The maximum absolute atomic E-state index is 11.8. The standard InChI is InChI=1S/C8H10N2O5/c1-4(5(11)12)10-6(13)8(2-15-3-8)9-7(10)14/h4H,2-3H2,1H3,(H,9,14)(H,11,12). The Balaban J connectivity index is 2.23. The van der Waals surface area contributed by atoms with E-state index in [9.17, 15) is 14.4 Å². The van der Waals surface area contributed by atoms with Crippen molar-refractivity contribution < 1.29 is 24.2 Å². The van der Waals surface area contributed by atoms with Crippen LogP contribution < -0.4 is 5.32 Å². The Kier molecular flexibility index (Phi) is 1.93. The van der Waals surface area contributed by atoms with Gasteiger partial charge in [-0.1, -0.05) is 0 Å². The lowest BCUT2D eigenvalue weighted by molar-refractivity contribution is -0.154. The van der Waals surface area contributed by atoms with Crippen molar-refractivity contribution in [3.8, 4) is 0 Å². The molecule has 0 bridgehead atoms. The molecule has 7 heteroatoms. The smallest absolute Gasteiger partial charge is 0.326 e. The number of carboxylic acid groups (broad SMARTS) is 1. The van der Waals surface area contributed by atoms with Crippen LogP contribution in [0.3, 0.4) is 0 Å². The zero-order valence-corrected chi connectivity index (χ0v) is 8.02. The third-order valence-electron chi connectivity index (χ3n) is 2.63. The molecule has 2 fully saturated rings. The maximum Gasteiger partial charge on any atom is 0.326 e. The molecule has 0 aliphatic carbocycles. The quantitative estimate of drug-likeness (QED) is 0.562. The molecule has 2 saturated heterocycles. The average molecular weight is 214 g/mol. The second kappa shape index (κ2) is 2.93. The number of nitrogens with zero attached hydrogens (tertiary/aromatic N) is 1. The van der Waals surface area contributed by atoms with E-state index in [4.69, 9.17) is 9.84 Å². The van der Waals surface area contributed by atoms with Gasteiger partial charge in [0.2, 0.25) is 0 Å². The fourth-order valence-electron chi connectivity index (χ4n) is 1.61. The predicted octanol–water partition coefficient (Wildman–Crippen LogP) is -1.22. The molecule has 82 valence electrons. The summed E-state index contributed by atoms with van der Waals surface area (Å²) in [5, 5.41) is 11.2. The number of carboxylic acids is 1. The molecule has 1 spiro atoms. The highest BCUT2D eigenvalue weighted by Gasteiger charge is 2.58. The minimum absolute atomic E-state index is 0.112. The Morgan fingerprint density at radius 1 is 1.60 bits per heavy atom. The molecule has 2 N–H and O–H groups in total. The zero-order chi connectivity index (χ0) is 11.2. The van der Waals surface area contributed by atoms with Gasteiger partial charge in [0, 0.05) is 0 Å². The van der Waals surface area contributed by atoms with Crippen molar-refractivity contribution in [3.63, 3.8) is 0 Å². The van der Waals surface area contributed by atoms with E-state index in [0.29, 0.717) is 0 Å². The van der Waals surface area contributed by atoms with E-state index in [-0.39, 0.29) is 13.2 Å². The summed E-state index contributed by atoms with van der Waals surface area (Å²) in [4.78, 5) is 34.6. The summed E-state index contributed by atoms with van der Waals surface area (Å²) in [5.41, 5.74) is -1.01. The van der Waals surface area contributed by atoms with Crippen molar-refractivity contribution in [2.45, 2.75) is 18.5 Å². The van der Waals surface area contributed by atoms with Crippen LogP contribution in [0.5, 0.6) is 0 Å². The van der Waals surface area contributed by atoms with E-state index in [1.807, 2.05) is 0 Å². The molecule has 1 atom stereocenters. The number of urea groups is 1. The van der Waals surface area contributed by atoms with Crippen molar-refractivity contribution in [2.75, 3.05) is 13.2 Å². The first-order valence-corrected chi connectivity index (χ1v) is 4.44. The van der Waals surface area contributed by atoms with E-state index in [1.54, 1.807) is 0 Å². The Bertz CT molecular complexity index is 349. The van der Waals surface area contributed by atoms with Crippen LogP contribution in [0.25, 0.3) is 0 Å². The number of aliphatic carboxylic acids is 1. The largest absolute Gasteiger partial charge is 0.480 e. The van der Waals surface area contributed by atoms with E-state index in [2.05, 4.69) is 5.32 Å². The fraction of sp³-hybridized carbons (Fsp3) is 0.625. The minimum atomic E-state index is -1.21. The summed E-state index contributed by atoms with van der Waals surface area (Å²) in [6.07, 6.45) is 0. The topological polar surface area (TPSA) is 95.9 Å². The van der Waals surface area contributed by atoms with Crippen LogP contribution in [0.4, 0.5) is 4.79 Å². The molecular weight excluding hydrogens is 204 g/mol. The molecule has 1 unspecified atom stereocenters. The van der Waals surface area contributed by atoms with Gasteiger partial charge in [0.15, 0.2) is 5.54 Å². The van der Waals surface area contributed by atoms with E-state index in [1.165, 1.54) is 6.92 Å². The summed E-state index contributed by atoms with van der Waals surface area (Å²) in [6, 6.07) is -1.82. The minimum Gasteiger partial charge on any atom is -0.480 e. The second-order valence-corrected chi connectivity index (χ2v) is 3.69. The molecule has 2 rings (SSSR count). The molecule has 0 aromatic heterocycles. The number of hydrogen-bond donors (Lipinski definition) is 2. The Labute approximate surface area is 85.0 Å². The zero-order valence-electron chi connectivity index (χ0n) is 8.02. The highest BCUT2D eigenvalue weighted by Crippen LogP contribution is 2.27. The number of rotatable bonds is 2. The molecule has 0 aromatic carbocycles. The SMILES string of the molecule is CC(C(=O)O)N1C(=O)NC2(COC2)C1=O. The number of nitrogens with one attached hydrogen (secondary N) is 1. The number of carbonyl (C=O) groups excluding carboxylic acids is 2. The van der Waals surface area contributed by atoms with Crippen molar-refractivity contribution in [2.24, 2.45) is 0 Å². The first kappa shape index (κ1) is 9.91. The number of imide groups is 1. The summed E-state index contributed by atoms with van der Waals surface area (Å²) < 4.78 is 4.86. The molecule has 0 saturated carbocycles. The number of amides is 3. The molecule has 15 heavy (non-hydrogen) atoms. The molecule has 0 aromatic rings. The molecule has 2 aliphatic heterocycles. The normalized spacial score (nSPS) is 25.0. The highest BCUT2D eigenvalue weighted by molar-refractivity contribution is 6.09. The van der Waals surface area contributed by atoms with E-state index in [0.717, 1.165) is 4.90 Å². The summed E-state index contributed by atoms with van der Waals surface area (Å²) in [7, 11) is 0. The summed E-state index contributed by atoms with van der Waals surface area (Å²) in [5.74, 6) is -1.73. The van der Waals surface area contributed by atoms with Crippen molar-refractivity contribution in [1.82, 2.24) is 10.2 Å². The molecule has 2 heterocycles. The van der Waals surface area contributed by atoms with Crippen molar-refractivity contribution >= 4 is 17.9 Å². The lowest BCUT2D eigenvalue weighted by Crippen LogP contribution is -2.62. The summed E-state index contributed by atoms with van der Waals surface area (Å²) >= 11 is 0. The van der Waals surface area contributed by atoms with Gasteiger partial charge in [-0.3, -0.25) is 4.79 Å². The molecule has 2 aliphatic rings. The molecule has 0 radical (unpaired) electrons. The van der Waals surface area contributed by atoms with Gasteiger partial charge >= 0.3 is 12.0 Å². The van der Waals surface area contributed by atoms with Crippen LogP contribution in [-0.4, -0.2) is 52.7 Å². The molecule has 3 amide bonds. The van der Waals surface area contributed by atoms with E-state index < -0.39 is 29.5 Å². The molecule has 7 nitrogen and oxygen atoms in total. The average Bonchev–Trinajstić information content (AvgIpc) is 2.36. The van der Waals surface area contributed by atoms with Crippen LogP contribution in [0, 0.1) is 0 Å². The van der Waals surface area contributed by atoms with Gasteiger partial charge in [-0.15, -0.1) is 0 Å². The number of hydrogen-bond acceptors (Lipinski definition) is 4. The Morgan fingerprint density at radius 3 is 2.53 bits per heavy atom. The van der Waals surface area contributed by atoms with Crippen LogP contribution >= 0.6 is 0 Å². The van der Waals surface area contributed by atoms with Gasteiger partial charge in [-0.05, 0) is 6.92 Å². The number of carbonyl (C=O) groups is 3. The lowest BCUT2D eigenvalue weighted by Gasteiger charge is -2.34. The lowest BCUT2D eigenvalue weighted by atomic mass is 9.97. The predicted molar refractivity (Wildman–Crippen MR) is 46.0 cm³/mol. The Hall–Kier alpha value is -1.63. The first-order valence-electron chi connectivity index (χ1n) is 4.44. The van der Waals surface area contributed by atoms with Gasteiger partial charge in [0.25, 0.3) is 5.91 Å². The highest BCUT2D eigenvalue weighted by atomic mass is 16.5. The van der Waals surface area contributed by atoms with Gasteiger partial charge in [-0.25, -0.2) is 14.5 Å². The van der Waals surface area contributed by atoms with Crippen LogP contribution in [0.2, 0.25) is 0 Å². The maximum atomic E-state index is 11.8. The number of ether oxygens (including phenoxy) is 1. The van der Waals surface area contributed by atoms with Gasteiger partial charge in [0.1, 0.15) is 6.04 Å². The molecular formula is C8H10N2O5. The second-order valence-electron chi connectivity index (χ2n) is 3.69.